The van der Waals surface area contributed by atoms with Gasteiger partial charge in [0.15, 0.2) is 5.76 Å². The van der Waals surface area contributed by atoms with E-state index in [4.69, 9.17) is 18.9 Å². The number of para-hydroxylation sites is 1. The zero-order chi connectivity index (χ0) is 29.2. The average Bonchev–Trinajstić information content (AvgIpc) is 3.45. The Labute approximate surface area is 246 Å². The summed E-state index contributed by atoms with van der Waals surface area (Å²) in [5.41, 5.74) is 2.27. The summed E-state index contributed by atoms with van der Waals surface area (Å²) in [6, 6.07) is 25.9. The van der Waals surface area contributed by atoms with E-state index in [1.807, 2.05) is 24.3 Å². The molecule has 0 unspecified atom stereocenters. The fourth-order valence-electron chi connectivity index (χ4n) is 4.43. The van der Waals surface area contributed by atoms with Crippen LogP contribution in [0.4, 0.5) is 5.69 Å². The number of methoxy groups -OCH3 is 1. The van der Waals surface area contributed by atoms with Crippen molar-refractivity contribution in [2.75, 3.05) is 7.11 Å². The van der Waals surface area contributed by atoms with Crippen LogP contribution in [0.5, 0.6) is 11.5 Å². The normalized spacial score (nSPS) is 11.4. The number of nitro benzene ring substituents is 1. The van der Waals surface area contributed by atoms with E-state index in [0.29, 0.717) is 43.8 Å². The Bertz CT molecular complexity index is 2050. The molecule has 0 saturated carbocycles. The smallest absolute Gasteiger partial charge is 0.282 e. The second-order valence-electron chi connectivity index (χ2n) is 9.20. The number of rotatable bonds is 8. The Hall–Kier alpha value is -5.29. The maximum atomic E-state index is 13.6. The van der Waals surface area contributed by atoms with Crippen molar-refractivity contribution in [3.63, 3.8) is 0 Å². The largest absolute Gasteiger partial charge is 0.496 e. The highest BCUT2D eigenvalue weighted by atomic mass is 79.9. The topological polar surface area (TPSA) is 122 Å². The highest BCUT2D eigenvalue weighted by Crippen LogP contribution is 2.33. The number of hydrogen-bond donors (Lipinski definition) is 0. The van der Waals surface area contributed by atoms with Gasteiger partial charge in [-0.1, -0.05) is 18.2 Å². The van der Waals surface area contributed by atoms with E-state index in [9.17, 15) is 14.9 Å². The van der Waals surface area contributed by atoms with Gasteiger partial charge in [-0.3, -0.25) is 14.9 Å². The number of nitrogens with zero attached hydrogens (tertiary/aromatic N) is 4. The fraction of sp³-hybridized carbons (Fsp3) is 0.0645. The molecule has 0 aliphatic rings. The predicted octanol–water partition coefficient (Wildman–Crippen LogP) is 6.95. The summed E-state index contributed by atoms with van der Waals surface area (Å²) < 4.78 is 19.3. The maximum Gasteiger partial charge on any atom is 0.282 e. The number of hydrogen-bond acceptors (Lipinski definition) is 8. The van der Waals surface area contributed by atoms with Crippen molar-refractivity contribution >= 4 is 49.7 Å². The molecule has 0 spiro atoms. The summed E-state index contributed by atoms with van der Waals surface area (Å²) in [6.45, 7) is 0.230. The quantitative estimate of drug-likeness (QED) is 0.102. The summed E-state index contributed by atoms with van der Waals surface area (Å²) in [6.07, 6.45) is 1.55. The van der Waals surface area contributed by atoms with Crippen molar-refractivity contribution in [3.05, 3.63) is 127 Å². The molecule has 6 aromatic rings. The number of fused-ring (bicyclic) bond motifs is 2. The first-order chi connectivity index (χ1) is 20.4. The minimum absolute atomic E-state index is 0.0208. The van der Waals surface area contributed by atoms with Gasteiger partial charge in [-0.15, -0.1) is 0 Å². The third-order valence-electron chi connectivity index (χ3n) is 6.54. The maximum absolute atomic E-state index is 13.6. The molecule has 0 atom stereocenters. The zero-order valence-electron chi connectivity index (χ0n) is 22.1. The van der Waals surface area contributed by atoms with Crippen LogP contribution in [-0.2, 0) is 6.61 Å². The van der Waals surface area contributed by atoms with Gasteiger partial charge < -0.3 is 13.9 Å². The summed E-state index contributed by atoms with van der Waals surface area (Å²) in [7, 11) is 1.58. The highest BCUT2D eigenvalue weighted by Gasteiger charge is 2.18. The average molecular weight is 625 g/mol. The van der Waals surface area contributed by atoms with Crippen LogP contribution in [0.15, 0.2) is 110 Å². The first kappa shape index (κ1) is 26.9. The molecule has 0 fully saturated rings. The van der Waals surface area contributed by atoms with E-state index < -0.39 is 4.92 Å². The standard InChI is InChI=1S/C31H21BrN4O6/c1-40-26-7-4-8-27-23(26)16-29(42-27)30-34-25-6-3-2-5-22(25)31(37)35(30)33-17-20-11-14-28(24(32)15-20)41-18-19-9-12-21(13-10-19)36(38)39/h2-17H,18H2,1H3. The molecule has 4 aromatic carbocycles. The molecule has 42 heavy (non-hydrogen) atoms. The van der Waals surface area contributed by atoms with Gasteiger partial charge in [-0.2, -0.15) is 9.78 Å². The SMILES string of the molecule is COc1cccc2oc(-c3nc4ccccc4c(=O)n3N=Cc3ccc(OCc4ccc([N+](=O)[O-])cc4)c(Br)c3)cc12. The number of ether oxygens (including phenoxy) is 2. The molecule has 11 heteroatoms. The lowest BCUT2D eigenvalue weighted by molar-refractivity contribution is -0.384. The third-order valence-corrected chi connectivity index (χ3v) is 7.15. The molecular formula is C31H21BrN4O6. The molecular weight excluding hydrogens is 604 g/mol. The van der Waals surface area contributed by atoms with Crippen LogP contribution >= 0.6 is 15.9 Å². The molecule has 0 radical (unpaired) electrons. The Morgan fingerprint density at radius 2 is 1.81 bits per heavy atom. The van der Waals surface area contributed by atoms with Gasteiger partial charge >= 0.3 is 0 Å². The second kappa shape index (κ2) is 11.3. The first-order valence-corrected chi connectivity index (χ1v) is 13.5. The van der Waals surface area contributed by atoms with Crippen LogP contribution in [0.25, 0.3) is 33.5 Å². The zero-order valence-corrected chi connectivity index (χ0v) is 23.6. The van der Waals surface area contributed by atoms with Crippen molar-refractivity contribution in [1.82, 2.24) is 9.66 Å². The fourth-order valence-corrected chi connectivity index (χ4v) is 4.94. The lowest BCUT2D eigenvalue weighted by Crippen LogP contribution is -2.20. The van der Waals surface area contributed by atoms with Gasteiger partial charge in [0.05, 0.1) is 39.0 Å². The molecule has 0 N–H and O–H groups in total. The lowest BCUT2D eigenvalue weighted by atomic mass is 10.2. The third kappa shape index (κ3) is 5.25. The predicted molar refractivity (Wildman–Crippen MR) is 162 cm³/mol. The second-order valence-corrected chi connectivity index (χ2v) is 10.1. The number of non-ortho nitro benzene ring substituents is 1. The molecule has 0 amide bonds. The van der Waals surface area contributed by atoms with Crippen LogP contribution in [0.3, 0.4) is 0 Å². The molecule has 0 saturated heterocycles. The highest BCUT2D eigenvalue weighted by molar-refractivity contribution is 9.10. The lowest BCUT2D eigenvalue weighted by Gasteiger charge is -2.09. The Balaban J connectivity index is 1.32. The van der Waals surface area contributed by atoms with Gasteiger partial charge in [0.25, 0.3) is 11.2 Å². The number of nitro groups is 1. The summed E-state index contributed by atoms with van der Waals surface area (Å²) in [5.74, 6) is 1.83. The van der Waals surface area contributed by atoms with Crippen molar-refractivity contribution in [2.45, 2.75) is 6.61 Å². The molecule has 0 aliphatic carbocycles. The summed E-state index contributed by atoms with van der Waals surface area (Å²) >= 11 is 3.53. The number of halogens is 1. The first-order valence-electron chi connectivity index (χ1n) is 12.7. The van der Waals surface area contributed by atoms with Crippen LogP contribution in [0, 0.1) is 10.1 Å². The van der Waals surface area contributed by atoms with Crippen LogP contribution < -0.4 is 15.0 Å². The Kier molecular flexibility index (Phi) is 7.24. The minimum atomic E-state index is -0.444. The van der Waals surface area contributed by atoms with E-state index in [1.54, 1.807) is 67.9 Å². The Morgan fingerprint density at radius 1 is 1.00 bits per heavy atom. The van der Waals surface area contributed by atoms with Crippen molar-refractivity contribution in [1.29, 1.82) is 0 Å². The van der Waals surface area contributed by atoms with Crippen molar-refractivity contribution in [2.24, 2.45) is 5.10 Å². The molecule has 10 nitrogen and oxygen atoms in total. The van der Waals surface area contributed by atoms with Gasteiger partial charge in [-0.05, 0) is 87.7 Å². The van der Waals surface area contributed by atoms with Crippen LogP contribution in [0.2, 0.25) is 0 Å². The van der Waals surface area contributed by atoms with Crippen molar-refractivity contribution < 1.29 is 18.8 Å². The minimum Gasteiger partial charge on any atom is -0.496 e. The molecule has 208 valence electrons. The van der Waals surface area contributed by atoms with E-state index >= 15 is 0 Å². The number of benzene rings is 4. The molecule has 2 aromatic heterocycles. The van der Waals surface area contributed by atoms with Gasteiger partial charge in [-0.25, -0.2) is 4.98 Å². The molecule has 0 aliphatic heterocycles. The number of furan rings is 1. The molecule has 0 bridgehead atoms. The van der Waals surface area contributed by atoms with Gasteiger partial charge in [0.1, 0.15) is 23.7 Å². The number of aromatic nitrogens is 2. The van der Waals surface area contributed by atoms with Gasteiger partial charge in [0.2, 0.25) is 5.82 Å². The van der Waals surface area contributed by atoms with E-state index in [-0.39, 0.29) is 23.7 Å². The Morgan fingerprint density at radius 3 is 2.57 bits per heavy atom. The van der Waals surface area contributed by atoms with E-state index in [0.717, 1.165) is 10.9 Å². The molecule has 2 heterocycles. The van der Waals surface area contributed by atoms with Gasteiger partial charge in [0, 0.05) is 12.1 Å². The van der Waals surface area contributed by atoms with Crippen LogP contribution in [-0.4, -0.2) is 27.9 Å². The van der Waals surface area contributed by atoms with Crippen molar-refractivity contribution in [3.8, 4) is 23.1 Å². The van der Waals surface area contributed by atoms with E-state index in [2.05, 4.69) is 21.0 Å². The monoisotopic (exact) mass is 624 g/mol. The molecule has 6 rings (SSSR count). The summed E-state index contributed by atoms with van der Waals surface area (Å²) in [4.78, 5) is 28.7. The van der Waals surface area contributed by atoms with E-state index in [1.165, 1.54) is 16.8 Å². The van der Waals surface area contributed by atoms with Crippen LogP contribution in [0.1, 0.15) is 11.1 Å². The summed E-state index contributed by atoms with van der Waals surface area (Å²) in [5, 5.41) is 16.5.